The zero-order chi connectivity index (χ0) is 12.7. The van der Waals surface area contributed by atoms with Crippen LogP contribution >= 0.6 is 0 Å². The summed E-state index contributed by atoms with van der Waals surface area (Å²) in [4.78, 5) is 22.5. The number of hydrogen-bond donors (Lipinski definition) is 1. The Morgan fingerprint density at radius 1 is 1.29 bits per heavy atom. The van der Waals surface area contributed by atoms with Gasteiger partial charge in [-0.1, -0.05) is 37.3 Å². The molecule has 1 unspecified atom stereocenters. The molecule has 1 aromatic rings. The molecule has 0 saturated carbocycles. The van der Waals surface area contributed by atoms with Crippen molar-refractivity contribution in [3.8, 4) is 0 Å². The van der Waals surface area contributed by atoms with Crippen LogP contribution in [-0.4, -0.2) is 17.9 Å². The Hall–Kier alpha value is -1.84. The van der Waals surface area contributed by atoms with Crippen LogP contribution in [0.4, 0.5) is 0 Å². The lowest BCUT2D eigenvalue weighted by molar-refractivity contribution is -0.149. The van der Waals surface area contributed by atoms with Crippen LogP contribution in [0.25, 0.3) is 0 Å². The average Bonchev–Trinajstić information content (AvgIpc) is 2.34. The van der Waals surface area contributed by atoms with Crippen LogP contribution in [0.2, 0.25) is 0 Å². The largest absolute Gasteiger partial charge is 0.459 e. The molecule has 17 heavy (non-hydrogen) atoms. The third kappa shape index (κ3) is 4.68. The SMILES string of the molecule is CCC(NC(C)=O)C(=O)OCc1ccccc1. The number of nitrogens with one attached hydrogen (secondary N) is 1. The molecule has 1 rings (SSSR count). The number of benzene rings is 1. The van der Waals surface area contributed by atoms with E-state index in [2.05, 4.69) is 5.32 Å². The van der Waals surface area contributed by atoms with E-state index in [0.29, 0.717) is 6.42 Å². The molecule has 0 aliphatic rings. The quantitative estimate of drug-likeness (QED) is 0.789. The van der Waals surface area contributed by atoms with Crippen LogP contribution in [0.3, 0.4) is 0 Å². The smallest absolute Gasteiger partial charge is 0.328 e. The van der Waals surface area contributed by atoms with Gasteiger partial charge in [0.2, 0.25) is 5.91 Å². The summed E-state index contributed by atoms with van der Waals surface area (Å²) >= 11 is 0. The van der Waals surface area contributed by atoms with Gasteiger partial charge < -0.3 is 10.1 Å². The zero-order valence-electron chi connectivity index (χ0n) is 10.1. The molecule has 1 aromatic carbocycles. The number of esters is 1. The molecule has 0 radical (unpaired) electrons. The van der Waals surface area contributed by atoms with Crippen molar-refractivity contribution in [2.45, 2.75) is 32.9 Å². The van der Waals surface area contributed by atoms with Gasteiger partial charge in [-0.15, -0.1) is 0 Å². The van der Waals surface area contributed by atoms with Crippen molar-refractivity contribution in [2.75, 3.05) is 0 Å². The molecule has 0 spiro atoms. The van der Waals surface area contributed by atoms with Crippen LogP contribution in [0.5, 0.6) is 0 Å². The Morgan fingerprint density at radius 3 is 2.47 bits per heavy atom. The minimum Gasteiger partial charge on any atom is -0.459 e. The molecule has 0 aliphatic heterocycles. The van der Waals surface area contributed by atoms with Gasteiger partial charge in [0.25, 0.3) is 0 Å². The maximum absolute atomic E-state index is 11.6. The molecule has 0 fully saturated rings. The van der Waals surface area contributed by atoms with Gasteiger partial charge >= 0.3 is 5.97 Å². The van der Waals surface area contributed by atoms with Crippen LogP contribution < -0.4 is 5.32 Å². The van der Waals surface area contributed by atoms with Gasteiger partial charge in [0, 0.05) is 6.92 Å². The van der Waals surface area contributed by atoms with Crippen molar-refractivity contribution in [2.24, 2.45) is 0 Å². The summed E-state index contributed by atoms with van der Waals surface area (Å²) in [5.74, 6) is -0.625. The van der Waals surface area contributed by atoms with Gasteiger partial charge in [0.05, 0.1) is 0 Å². The van der Waals surface area contributed by atoms with Gasteiger partial charge in [-0.25, -0.2) is 4.79 Å². The highest BCUT2D eigenvalue weighted by molar-refractivity contribution is 5.83. The normalized spacial score (nSPS) is 11.6. The Morgan fingerprint density at radius 2 is 1.94 bits per heavy atom. The van der Waals surface area contributed by atoms with Crippen molar-refractivity contribution >= 4 is 11.9 Å². The predicted octanol–water partition coefficient (Wildman–Crippen LogP) is 1.64. The van der Waals surface area contributed by atoms with Gasteiger partial charge in [-0.2, -0.15) is 0 Å². The lowest BCUT2D eigenvalue weighted by Crippen LogP contribution is -2.40. The Labute approximate surface area is 101 Å². The fourth-order valence-corrected chi connectivity index (χ4v) is 1.40. The Balaban J connectivity index is 2.45. The van der Waals surface area contributed by atoms with Crippen LogP contribution in [0.1, 0.15) is 25.8 Å². The molecule has 0 bridgehead atoms. The molecule has 1 amide bonds. The highest BCUT2D eigenvalue weighted by atomic mass is 16.5. The first kappa shape index (κ1) is 13.2. The standard InChI is InChI=1S/C13H17NO3/c1-3-12(14-10(2)15)13(16)17-9-11-7-5-4-6-8-11/h4-8,12H,3,9H2,1-2H3,(H,14,15). The molecule has 0 aliphatic carbocycles. The molecule has 0 heterocycles. The molecular weight excluding hydrogens is 218 g/mol. The minimum atomic E-state index is -0.559. The number of hydrogen-bond acceptors (Lipinski definition) is 3. The van der Waals surface area contributed by atoms with Crippen molar-refractivity contribution in [3.05, 3.63) is 35.9 Å². The van der Waals surface area contributed by atoms with E-state index in [0.717, 1.165) is 5.56 Å². The second-order valence-corrected chi connectivity index (χ2v) is 3.75. The number of carbonyl (C=O) groups is 2. The fourth-order valence-electron chi connectivity index (χ4n) is 1.40. The first-order valence-corrected chi connectivity index (χ1v) is 5.61. The average molecular weight is 235 g/mol. The van der Waals surface area contributed by atoms with Crippen LogP contribution in [0.15, 0.2) is 30.3 Å². The fraction of sp³-hybridized carbons (Fsp3) is 0.385. The third-order valence-corrected chi connectivity index (χ3v) is 2.29. The topological polar surface area (TPSA) is 55.4 Å². The second-order valence-electron chi connectivity index (χ2n) is 3.75. The first-order chi connectivity index (χ1) is 8.13. The molecule has 92 valence electrons. The van der Waals surface area contributed by atoms with E-state index >= 15 is 0 Å². The summed E-state index contributed by atoms with van der Waals surface area (Å²) < 4.78 is 5.13. The summed E-state index contributed by atoms with van der Waals surface area (Å²) in [6.45, 7) is 3.44. The number of ether oxygens (including phenoxy) is 1. The summed E-state index contributed by atoms with van der Waals surface area (Å²) in [6.07, 6.45) is 0.521. The molecule has 4 nitrogen and oxygen atoms in total. The summed E-state index contributed by atoms with van der Waals surface area (Å²) in [6, 6.07) is 8.87. The Bertz CT molecular complexity index is 376. The summed E-state index contributed by atoms with van der Waals surface area (Å²) in [5, 5.41) is 2.55. The molecular formula is C13H17NO3. The van der Waals surface area contributed by atoms with E-state index in [1.165, 1.54) is 6.92 Å². The van der Waals surface area contributed by atoms with Gasteiger partial charge in [-0.3, -0.25) is 4.79 Å². The van der Waals surface area contributed by atoms with E-state index in [1.807, 2.05) is 37.3 Å². The highest BCUT2D eigenvalue weighted by Crippen LogP contribution is 2.03. The minimum absolute atomic E-state index is 0.228. The number of carbonyl (C=O) groups excluding carboxylic acids is 2. The van der Waals surface area contributed by atoms with Crippen LogP contribution in [-0.2, 0) is 20.9 Å². The lowest BCUT2D eigenvalue weighted by Gasteiger charge is -2.14. The lowest BCUT2D eigenvalue weighted by atomic mass is 10.2. The number of amides is 1. The monoisotopic (exact) mass is 235 g/mol. The maximum Gasteiger partial charge on any atom is 0.328 e. The van der Waals surface area contributed by atoms with Crippen LogP contribution in [0, 0.1) is 0 Å². The maximum atomic E-state index is 11.6. The summed E-state index contributed by atoms with van der Waals surface area (Å²) in [7, 11) is 0. The second kappa shape index (κ2) is 6.68. The van der Waals surface area contributed by atoms with E-state index in [4.69, 9.17) is 4.74 Å². The Kier molecular flexibility index (Phi) is 5.20. The van der Waals surface area contributed by atoms with E-state index in [1.54, 1.807) is 0 Å². The van der Waals surface area contributed by atoms with E-state index in [9.17, 15) is 9.59 Å². The predicted molar refractivity (Wildman–Crippen MR) is 64.1 cm³/mol. The molecule has 1 N–H and O–H groups in total. The third-order valence-electron chi connectivity index (χ3n) is 2.29. The molecule has 1 atom stereocenters. The van der Waals surface area contributed by atoms with Crippen molar-refractivity contribution < 1.29 is 14.3 Å². The number of rotatable bonds is 5. The van der Waals surface area contributed by atoms with Gasteiger partial charge in [-0.05, 0) is 12.0 Å². The molecule has 0 saturated heterocycles. The van der Waals surface area contributed by atoms with Gasteiger partial charge in [0.15, 0.2) is 0 Å². The molecule has 4 heteroatoms. The summed E-state index contributed by atoms with van der Waals surface area (Å²) in [5.41, 5.74) is 0.929. The van der Waals surface area contributed by atoms with Crippen molar-refractivity contribution in [1.29, 1.82) is 0 Å². The van der Waals surface area contributed by atoms with Crippen molar-refractivity contribution in [3.63, 3.8) is 0 Å². The van der Waals surface area contributed by atoms with Gasteiger partial charge in [0.1, 0.15) is 12.6 Å². The first-order valence-electron chi connectivity index (χ1n) is 5.61. The van der Waals surface area contributed by atoms with E-state index in [-0.39, 0.29) is 12.5 Å². The molecule has 0 aromatic heterocycles. The zero-order valence-corrected chi connectivity index (χ0v) is 10.1. The van der Waals surface area contributed by atoms with Crippen molar-refractivity contribution in [1.82, 2.24) is 5.32 Å². The highest BCUT2D eigenvalue weighted by Gasteiger charge is 2.18. The van der Waals surface area contributed by atoms with E-state index < -0.39 is 12.0 Å².